The fourth-order valence-corrected chi connectivity index (χ4v) is 2.33. The first-order valence-corrected chi connectivity index (χ1v) is 8.07. The van der Waals surface area contributed by atoms with Crippen molar-refractivity contribution in [1.29, 1.82) is 0 Å². The quantitative estimate of drug-likeness (QED) is 0.578. The molecular formula is C17H17BrF2O. The number of hydrogen-bond acceptors (Lipinski definition) is 1. The van der Waals surface area contributed by atoms with Crippen LogP contribution in [0.2, 0.25) is 0 Å². The van der Waals surface area contributed by atoms with Gasteiger partial charge in [0.1, 0.15) is 5.75 Å². The molecule has 0 bridgehead atoms. The number of ether oxygens (including phenoxy) is 1. The fraction of sp³-hybridized carbons (Fsp3) is 0.294. The highest BCUT2D eigenvalue weighted by molar-refractivity contribution is 9.08. The Bertz CT molecular complexity index is 573. The molecule has 0 saturated carbocycles. The number of unbranched alkanes of at least 4 members (excludes halogenated alkanes) is 1. The molecule has 112 valence electrons. The smallest absolute Gasteiger partial charge is 0.198 e. The van der Waals surface area contributed by atoms with Crippen molar-refractivity contribution in [2.45, 2.75) is 31.5 Å². The van der Waals surface area contributed by atoms with E-state index in [9.17, 15) is 8.78 Å². The minimum absolute atomic E-state index is 0.360. The lowest BCUT2D eigenvalue weighted by Crippen LogP contribution is -1.95. The molecule has 0 fully saturated rings. The van der Waals surface area contributed by atoms with Crippen molar-refractivity contribution in [2.75, 3.05) is 0 Å². The van der Waals surface area contributed by atoms with Crippen LogP contribution in [0.4, 0.5) is 8.78 Å². The highest BCUT2D eigenvalue weighted by Crippen LogP contribution is 2.29. The van der Waals surface area contributed by atoms with E-state index in [1.165, 1.54) is 17.7 Å². The maximum absolute atomic E-state index is 13.8. The largest absolute Gasteiger partial charge is 0.451 e. The van der Waals surface area contributed by atoms with Crippen LogP contribution in [0.3, 0.4) is 0 Å². The summed E-state index contributed by atoms with van der Waals surface area (Å²) in [4.78, 5) is 0. The number of rotatable bonds is 6. The summed E-state index contributed by atoms with van der Waals surface area (Å²) in [6.45, 7) is 2.14. The first-order valence-electron chi connectivity index (χ1n) is 6.94. The minimum atomic E-state index is -0.695. The van der Waals surface area contributed by atoms with Gasteiger partial charge in [-0.3, -0.25) is 0 Å². The minimum Gasteiger partial charge on any atom is -0.451 e. The van der Waals surface area contributed by atoms with E-state index in [4.69, 9.17) is 4.74 Å². The molecule has 0 N–H and O–H groups in total. The average Bonchev–Trinajstić information content (AvgIpc) is 2.49. The van der Waals surface area contributed by atoms with E-state index in [-0.39, 0.29) is 5.75 Å². The summed E-state index contributed by atoms with van der Waals surface area (Å²) in [5.41, 5.74) is 1.73. The van der Waals surface area contributed by atoms with Crippen molar-refractivity contribution in [3.63, 3.8) is 0 Å². The lowest BCUT2D eigenvalue weighted by atomic mass is 10.1. The fourth-order valence-electron chi connectivity index (χ4n) is 2.01. The van der Waals surface area contributed by atoms with Gasteiger partial charge in [0.15, 0.2) is 17.4 Å². The molecule has 4 heteroatoms. The van der Waals surface area contributed by atoms with Crippen LogP contribution >= 0.6 is 15.9 Å². The molecule has 0 saturated heterocycles. The Morgan fingerprint density at radius 3 is 2.14 bits per heavy atom. The lowest BCUT2D eigenvalue weighted by molar-refractivity contribution is 0.406. The van der Waals surface area contributed by atoms with Gasteiger partial charge < -0.3 is 4.74 Å². The Labute approximate surface area is 132 Å². The molecule has 0 aliphatic heterocycles. The van der Waals surface area contributed by atoms with E-state index in [1.54, 1.807) is 12.1 Å². The summed E-state index contributed by atoms with van der Waals surface area (Å²) < 4.78 is 33.0. The Morgan fingerprint density at radius 2 is 1.62 bits per heavy atom. The van der Waals surface area contributed by atoms with Gasteiger partial charge in [-0.2, -0.15) is 0 Å². The van der Waals surface area contributed by atoms with Gasteiger partial charge >= 0.3 is 0 Å². The molecule has 0 aromatic heterocycles. The van der Waals surface area contributed by atoms with Gasteiger partial charge in [0.05, 0.1) is 0 Å². The molecule has 2 aromatic rings. The molecule has 0 spiro atoms. The first-order chi connectivity index (χ1) is 10.1. The Hall–Kier alpha value is -1.42. The lowest BCUT2D eigenvalue weighted by Gasteiger charge is -2.10. The molecule has 0 heterocycles. The van der Waals surface area contributed by atoms with Crippen molar-refractivity contribution in [3.8, 4) is 11.5 Å². The third kappa shape index (κ3) is 4.27. The molecule has 0 amide bonds. The van der Waals surface area contributed by atoms with Crippen LogP contribution in [0.5, 0.6) is 11.5 Å². The Kier molecular flexibility index (Phi) is 5.74. The zero-order chi connectivity index (χ0) is 15.2. The van der Waals surface area contributed by atoms with Crippen LogP contribution in [0, 0.1) is 11.6 Å². The van der Waals surface area contributed by atoms with E-state index in [0.29, 0.717) is 16.6 Å². The zero-order valence-corrected chi connectivity index (χ0v) is 13.4. The molecule has 0 radical (unpaired) electrons. The topological polar surface area (TPSA) is 9.23 Å². The van der Waals surface area contributed by atoms with Crippen LogP contribution < -0.4 is 4.74 Å². The van der Waals surface area contributed by atoms with Gasteiger partial charge in [0, 0.05) is 5.33 Å². The van der Waals surface area contributed by atoms with Gasteiger partial charge in [-0.1, -0.05) is 41.4 Å². The van der Waals surface area contributed by atoms with Crippen molar-refractivity contribution in [3.05, 3.63) is 59.2 Å². The van der Waals surface area contributed by atoms with Crippen LogP contribution in [0.25, 0.3) is 0 Å². The van der Waals surface area contributed by atoms with Crippen LogP contribution in [-0.2, 0) is 11.8 Å². The molecule has 2 rings (SSSR count). The third-order valence-electron chi connectivity index (χ3n) is 3.17. The van der Waals surface area contributed by atoms with E-state index in [1.807, 2.05) is 12.1 Å². The number of aryl methyl sites for hydroxylation is 1. The molecule has 2 aromatic carbocycles. The molecule has 0 atom stereocenters. The highest BCUT2D eigenvalue weighted by atomic mass is 79.9. The number of halogens is 3. The number of hydrogen-bond donors (Lipinski definition) is 0. The third-order valence-corrected chi connectivity index (χ3v) is 3.82. The molecule has 0 aliphatic rings. The predicted octanol–water partition coefficient (Wildman–Crippen LogP) is 5.99. The monoisotopic (exact) mass is 354 g/mol. The van der Waals surface area contributed by atoms with Gasteiger partial charge in [-0.25, -0.2) is 8.78 Å². The second-order valence-electron chi connectivity index (χ2n) is 4.87. The summed E-state index contributed by atoms with van der Waals surface area (Å²) in [5, 5.41) is 0.396. The summed E-state index contributed by atoms with van der Waals surface area (Å²) in [6, 6.07) is 9.86. The van der Waals surface area contributed by atoms with Crippen molar-refractivity contribution in [2.24, 2.45) is 0 Å². The molecule has 0 unspecified atom stereocenters. The number of alkyl halides is 1. The molecule has 21 heavy (non-hydrogen) atoms. The van der Waals surface area contributed by atoms with E-state index in [0.717, 1.165) is 19.3 Å². The summed E-state index contributed by atoms with van der Waals surface area (Å²) in [7, 11) is 0. The number of benzene rings is 2. The maximum atomic E-state index is 13.8. The highest BCUT2D eigenvalue weighted by Gasteiger charge is 2.13. The van der Waals surface area contributed by atoms with Gasteiger partial charge in [0.25, 0.3) is 0 Å². The van der Waals surface area contributed by atoms with Crippen LogP contribution in [-0.4, -0.2) is 0 Å². The standard InChI is InChI=1S/C17H17BrF2O/c1-2-3-4-12-5-7-14(8-6-12)21-17-15(19)9-13(11-18)10-16(17)20/h5-10H,2-4,11H2,1H3. The van der Waals surface area contributed by atoms with E-state index >= 15 is 0 Å². The van der Waals surface area contributed by atoms with E-state index in [2.05, 4.69) is 22.9 Å². The van der Waals surface area contributed by atoms with Crippen molar-refractivity contribution >= 4 is 15.9 Å². The second-order valence-corrected chi connectivity index (χ2v) is 5.43. The summed E-state index contributed by atoms with van der Waals surface area (Å²) >= 11 is 3.17. The van der Waals surface area contributed by atoms with Gasteiger partial charge in [0.2, 0.25) is 0 Å². The average molecular weight is 355 g/mol. The Morgan fingerprint density at radius 1 is 1.00 bits per heavy atom. The Balaban J connectivity index is 2.14. The van der Waals surface area contributed by atoms with Gasteiger partial charge in [-0.05, 0) is 48.2 Å². The second kappa shape index (κ2) is 7.55. The summed E-state index contributed by atoms with van der Waals surface area (Å²) in [5.74, 6) is -1.32. The molecule has 1 nitrogen and oxygen atoms in total. The normalized spacial score (nSPS) is 10.7. The predicted molar refractivity (Wildman–Crippen MR) is 84.1 cm³/mol. The van der Waals surface area contributed by atoms with Gasteiger partial charge in [-0.15, -0.1) is 0 Å². The maximum Gasteiger partial charge on any atom is 0.198 e. The molecule has 0 aliphatic carbocycles. The van der Waals surface area contributed by atoms with Crippen LogP contribution in [0.15, 0.2) is 36.4 Å². The SMILES string of the molecule is CCCCc1ccc(Oc2c(F)cc(CBr)cc2F)cc1. The summed E-state index contributed by atoms with van der Waals surface area (Å²) in [6.07, 6.45) is 3.26. The first kappa shape index (κ1) is 16.0. The zero-order valence-electron chi connectivity index (χ0n) is 11.8. The van der Waals surface area contributed by atoms with E-state index < -0.39 is 11.6 Å². The molecular weight excluding hydrogens is 338 g/mol. The van der Waals surface area contributed by atoms with Crippen molar-refractivity contribution < 1.29 is 13.5 Å². The van der Waals surface area contributed by atoms with Crippen molar-refractivity contribution in [1.82, 2.24) is 0 Å². The van der Waals surface area contributed by atoms with Crippen LogP contribution in [0.1, 0.15) is 30.9 Å².